The molecule has 0 spiro atoms. The van der Waals surface area contributed by atoms with Gasteiger partial charge >= 0.3 is 0 Å². The smallest absolute Gasteiger partial charge is 0.103 e. The summed E-state index contributed by atoms with van der Waals surface area (Å²) in [7, 11) is 0. The minimum Gasteiger partial charge on any atom is -0.147 e. The molecule has 1 rings (SSSR count). The van der Waals surface area contributed by atoms with Crippen molar-refractivity contribution in [3.63, 3.8) is 0 Å². The molecule has 0 saturated heterocycles. The number of hydrogen-bond acceptors (Lipinski definition) is 3. The summed E-state index contributed by atoms with van der Waals surface area (Å²) < 4.78 is 0. The quantitative estimate of drug-likeness (QED) is 0.431. The van der Waals surface area contributed by atoms with E-state index in [0.29, 0.717) is 0 Å². The number of rotatable bonds is 0. The van der Waals surface area contributed by atoms with Gasteiger partial charge in [-0.2, -0.15) is 0 Å². The van der Waals surface area contributed by atoms with Gasteiger partial charge in [0.25, 0.3) is 0 Å². The van der Waals surface area contributed by atoms with Crippen LogP contribution in [0.4, 0.5) is 0 Å². The van der Waals surface area contributed by atoms with Crippen LogP contribution in [0.5, 0.6) is 0 Å². The monoisotopic (exact) mass is 97.0 g/mol. The molecule has 29 valence electrons. The van der Waals surface area contributed by atoms with Crippen LogP contribution in [0.3, 0.4) is 0 Å². The average Bonchev–Trinajstić information content (AvgIpc) is 1.76. The highest BCUT2D eigenvalue weighted by molar-refractivity contribution is 7.07. The molecule has 0 atom stereocenters. The number of hydrogen-bond donors (Lipinski definition) is 0. The van der Waals surface area contributed by atoms with Gasteiger partial charge in [-0.05, 0) is 0 Å². The third-order valence-electron chi connectivity index (χ3n) is 0.283. The molecule has 1 aromatic rings. The first-order chi connectivity index (χ1) is 2.50. The second-order valence-electron chi connectivity index (χ2n) is 0.578. The first-order valence-electron chi connectivity index (χ1n) is 1.19. The molecule has 2 nitrogen and oxygen atoms in total. The van der Waals surface area contributed by atoms with E-state index in [9.17, 15) is 0 Å². The van der Waals surface area contributed by atoms with Gasteiger partial charge in [0.1, 0.15) is 11.0 Å². The Balaban J connectivity index is 0.000000250. The molecule has 0 fully saturated rings. The van der Waals surface area contributed by atoms with Gasteiger partial charge in [0.05, 0.1) is 0 Å². The second kappa shape index (κ2) is 2.84. The normalized spacial score (nSPS) is 6.67. The molecule has 4 heteroatoms. The Morgan fingerprint density at radius 3 is 1.83 bits per heavy atom. The Bertz CT molecular complexity index is 68.0. The summed E-state index contributed by atoms with van der Waals surface area (Å²) >= 11 is 1.49. The van der Waals surface area contributed by atoms with Gasteiger partial charge in [0, 0.05) is 8.41 Å². The van der Waals surface area contributed by atoms with Crippen molar-refractivity contribution in [1.82, 2.24) is 10.2 Å². The first-order valence-corrected chi connectivity index (χ1v) is 2.13. The minimum atomic E-state index is 0. The van der Waals surface area contributed by atoms with E-state index in [1.165, 1.54) is 11.3 Å². The largest absolute Gasteiger partial charge is 0.147 e. The number of aromatic nitrogens is 2. The maximum absolute atomic E-state index is 3.49. The van der Waals surface area contributed by atoms with Crippen LogP contribution < -0.4 is 0 Å². The molecular formula is C2H2BN2S. The summed E-state index contributed by atoms with van der Waals surface area (Å²) in [6.45, 7) is 0. The van der Waals surface area contributed by atoms with Gasteiger partial charge in [0.15, 0.2) is 0 Å². The fraction of sp³-hybridized carbons (Fsp3) is 0. The van der Waals surface area contributed by atoms with Crippen molar-refractivity contribution in [2.75, 3.05) is 0 Å². The van der Waals surface area contributed by atoms with Gasteiger partial charge in [-0.1, -0.05) is 0 Å². The van der Waals surface area contributed by atoms with Crippen LogP contribution in [0.15, 0.2) is 11.0 Å². The standard InChI is InChI=1S/C2H2N2S.B/c1-3-4-2-5-1;/h1-2H;. The topological polar surface area (TPSA) is 25.8 Å². The summed E-state index contributed by atoms with van der Waals surface area (Å²) in [5.74, 6) is 0. The number of nitrogens with zero attached hydrogens (tertiary/aromatic N) is 2. The Hall–Kier alpha value is -0.375. The zero-order valence-electron chi connectivity index (χ0n) is 3.03. The molecular weight excluding hydrogens is 94.9 g/mol. The van der Waals surface area contributed by atoms with Crippen LogP contribution in [0, 0.1) is 0 Å². The van der Waals surface area contributed by atoms with Crippen molar-refractivity contribution in [3.05, 3.63) is 11.0 Å². The lowest BCUT2D eigenvalue weighted by Crippen LogP contribution is -1.53. The van der Waals surface area contributed by atoms with E-state index >= 15 is 0 Å². The average molecular weight is 96.9 g/mol. The molecule has 0 amide bonds. The lowest BCUT2D eigenvalue weighted by Gasteiger charge is -1.41. The second-order valence-corrected chi connectivity index (χ2v) is 1.27. The highest BCUT2D eigenvalue weighted by Crippen LogP contribution is 1.80. The van der Waals surface area contributed by atoms with Crippen LogP contribution >= 0.6 is 11.3 Å². The molecule has 0 saturated carbocycles. The Kier molecular flexibility index (Phi) is 2.66. The van der Waals surface area contributed by atoms with Crippen LogP contribution in [-0.4, -0.2) is 18.6 Å². The third kappa shape index (κ3) is 1.17. The fourth-order valence-electron chi connectivity index (χ4n) is 0.136. The molecule has 0 aliphatic carbocycles. The van der Waals surface area contributed by atoms with E-state index in [0.717, 1.165) is 0 Å². The van der Waals surface area contributed by atoms with Crippen molar-refractivity contribution in [1.29, 1.82) is 0 Å². The van der Waals surface area contributed by atoms with Gasteiger partial charge in [-0.3, -0.25) is 0 Å². The minimum absolute atomic E-state index is 0. The molecule has 0 N–H and O–H groups in total. The van der Waals surface area contributed by atoms with Crippen molar-refractivity contribution < 1.29 is 0 Å². The van der Waals surface area contributed by atoms with E-state index < -0.39 is 0 Å². The maximum Gasteiger partial charge on any atom is 0.103 e. The Labute approximate surface area is 41.8 Å². The zero-order chi connectivity index (χ0) is 3.54. The lowest BCUT2D eigenvalue weighted by atomic mass is 10.8. The van der Waals surface area contributed by atoms with Crippen LogP contribution in [0.2, 0.25) is 0 Å². The van der Waals surface area contributed by atoms with E-state index in [4.69, 9.17) is 0 Å². The summed E-state index contributed by atoms with van der Waals surface area (Å²) in [6, 6.07) is 0. The van der Waals surface area contributed by atoms with Crippen molar-refractivity contribution in [2.24, 2.45) is 0 Å². The van der Waals surface area contributed by atoms with Crippen molar-refractivity contribution in [2.45, 2.75) is 0 Å². The first kappa shape index (κ1) is 5.62. The molecule has 0 unspecified atom stereocenters. The molecule has 6 heavy (non-hydrogen) atoms. The van der Waals surface area contributed by atoms with Crippen molar-refractivity contribution in [3.8, 4) is 0 Å². The molecule has 1 aromatic heterocycles. The SMILES string of the molecule is [B].c1nncs1. The van der Waals surface area contributed by atoms with Gasteiger partial charge in [0.2, 0.25) is 0 Å². The lowest BCUT2D eigenvalue weighted by molar-refractivity contribution is 1.09. The van der Waals surface area contributed by atoms with Gasteiger partial charge < -0.3 is 0 Å². The molecule has 0 aromatic carbocycles. The predicted molar refractivity (Wildman–Crippen MR) is 25.7 cm³/mol. The third-order valence-corrected chi connectivity index (χ3v) is 0.715. The molecule has 0 bridgehead atoms. The molecule has 3 radical (unpaired) electrons. The fourth-order valence-corrected chi connectivity index (χ4v) is 0.408. The highest BCUT2D eigenvalue weighted by atomic mass is 32.1. The maximum atomic E-state index is 3.49. The van der Waals surface area contributed by atoms with Gasteiger partial charge in [-0.25, -0.2) is 0 Å². The molecule has 0 aliphatic heterocycles. The van der Waals surface area contributed by atoms with E-state index in [1.54, 1.807) is 11.0 Å². The van der Waals surface area contributed by atoms with Crippen LogP contribution in [0.25, 0.3) is 0 Å². The molecule has 1 heterocycles. The highest BCUT2D eigenvalue weighted by Gasteiger charge is 1.60. The summed E-state index contributed by atoms with van der Waals surface area (Å²) in [5.41, 5.74) is 3.36. The zero-order valence-corrected chi connectivity index (χ0v) is 3.85. The van der Waals surface area contributed by atoms with Gasteiger partial charge in [-0.15, -0.1) is 21.5 Å². The summed E-state index contributed by atoms with van der Waals surface area (Å²) in [5, 5.41) is 6.98. The van der Waals surface area contributed by atoms with E-state index in [-0.39, 0.29) is 8.41 Å². The van der Waals surface area contributed by atoms with E-state index in [2.05, 4.69) is 10.2 Å². The van der Waals surface area contributed by atoms with Crippen LogP contribution in [-0.2, 0) is 0 Å². The Morgan fingerprint density at radius 2 is 1.67 bits per heavy atom. The van der Waals surface area contributed by atoms with Crippen LogP contribution in [0.1, 0.15) is 0 Å². The van der Waals surface area contributed by atoms with Crippen molar-refractivity contribution >= 4 is 19.7 Å². The summed E-state index contributed by atoms with van der Waals surface area (Å²) in [6.07, 6.45) is 0. The summed E-state index contributed by atoms with van der Waals surface area (Å²) in [4.78, 5) is 0. The predicted octanol–water partition coefficient (Wildman–Crippen LogP) is 0.157. The van der Waals surface area contributed by atoms with E-state index in [1.807, 2.05) is 0 Å². The molecule has 0 aliphatic rings. The Morgan fingerprint density at radius 1 is 1.17 bits per heavy atom.